The number of hydrogen-bond acceptors (Lipinski definition) is 4. The average molecular weight is 403 g/mol. The summed E-state index contributed by atoms with van der Waals surface area (Å²) in [6, 6.07) is 12.3. The smallest absolute Gasteiger partial charge is 0.240 e. The monoisotopic (exact) mass is 402 g/mol. The zero-order valence-corrected chi connectivity index (χ0v) is 17.3. The molecule has 1 heterocycles. The fourth-order valence-corrected chi connectivity index (χ4v) is 4.29. The van der Waals surface area contributed by atoms with Crippen molar-refractivity contribution in [3.63, 3.8) is 0 Å². The molecule has 0 radical (unpaired) electrons. The van der Waals surface area contributed by atoms with Gasteiger partial charge in [0.15, 0.2) is 0 Å². The molecule has 1 aliphatic rings. The molecule has 0 aromatic heterocycles. The molecule has 2 aromatic rings. The number of anilines is 1. The number of nitrogens with one attached hydrogen (secondary N) is 1. The first kappa shape index (κ1) is 20.4. The van der Waals surface area contributed by atoms with Gasteiger partial charge in [0.1, 0.15) is 5.75 Å². The number of carbonyl (C=O) groups is 1. The highest BCUT2D eigenvalue weighted by Gasteiger charge is 2.22. The molecule has 6 nitrogen and oxygen atoms in total. The number of aryl methyl sites for hydroxylation is 1. The number of nitrogens with zero attached hydrogens (tertiary/aromatic N) is 1. The predicted molar refractivity (Wildman–Crippen MR) is 109 cm³/mol. The summed E-state index contributed by atoms with van der Waals surface area (Å²) in [6.07, 6.45) is 1.44. The maximum atomic E-state index is 12.7. The van der Waals surface area contributed by atoms with E-state index in [-0.39, 0.29) is 23.5 Å². The Morgan fingerprint density at radius 2 is 1.96 bits per heavy atom. The van der Waals surface area contributed by atoms with E-state index in [4.69, 9.17) is 4.74 Å². The SMILES string of the molecule is Cc1cc(S(=O)(=O)NCc2cccc(N3CCCC3=O)c2)ccc1OC(C)C. The topological polar surface area (TPSA) is 75.7 Å². The Hall–Kier alpha value is -2.38. The fraction of sp³-hybridized carbons (Fsp3) is 0.381. The molecule has 7 heteroatoms. The molecular weight excluding hydrogens is 376 g/mol. The number of amides is 1. The van der Waals surface area contributed by atoms with Crippen LogP contribution in [0.1, 0.15) is 37.8 Å². The first-order chi connectivity index (χ1) is 13.3. The van der Waals surface area contributed by atoms with Gasteiger partial charge >= 0.3 is 0 Å². The van der Waals surface area contributed by atoms with Crippen molar-refractivity contribution < 1.29 is 17.9 Å². The van der Waals surface area contributed by atoms with E-state index in [1.165, 1.54) is 0 Å². The minimum Gasteiger partial charge on any atom is -0.491 e. The second-order valence-electron chi connectivity index (χ2n) is 7.24. The molecule has 1 saturated heterocycles. The Morgan fingerprint density at radius 1 is 1.18 bits per heavy atom. The fourth-order valence-electron chi connectivity index (χ4n) is 3.19. The van der Waals surface area contributed by atoms with Gasteiger partial charge in [-0.25, -0.2) is 13.1 Å². The second kappa shape index (κ2) is 8.32. The molecule has 0 unspecified atom stereocenters. The lowest BCUT2D eigenvalue weighted by Gasteiger charge is -2.17. The number of ether oxygens (including phenoxy) is 1. The van der Waals surface area contributed by atoms with Crippen molar-refractivity contribution in [2.45, 2.75) is 51.2 Å². The van der Waals surface area contributed by atoms with Crippen LogP contribution in [0.4, 0.5) is 5.69 Å². The van der Waals surface area contributed by atoms with Crippen molar-refractivity contribution in [3.8, 4) is 5.75 Å². The Morgan fingerprint density at radius 3 is 2.61 bits per heavy atom. The normalized spacial score (nSPS) is 14.7. The van der Waals surface area contributed by atoms with E-state index >= 15 is 0 Å². The number of carbonyl (C=O) groups excluding carboxylic acids is 1. The quantitative estimate of drug-likeness (QED) is 0.770. The van der Waals surface area contributed by atoms with E-state index in [0.717, 1.165) is 23.2 Å². The van der Waals surface area contributed by atoms with Crippen LogP contribution in [0.2, 0.25) is 0 Å². The number of sulfonamides is 1. The van der Waals surface area contributed by atoms with Crippen LogP contribution in [-0.4, -0.2) is 27.0 Å². The van der Waals surface area contributed by atoms with Crippen LogP contribution >= 0.6 is 0 Å². The molecule has 1 fully saturated rings. The molecule has 1 aliphatic heterocycles. The lowest BCUT2D eigenvalue weighted by atomic mass is 10.2. The van der Waals surface area contributed by atoms with Gasteiger partial charge in [-0.15, -0.1) is 0 Å². The zero-order chi connectivity index (χ0) is 20.3. The predicted octanol–water partition coefficient (Wildman–Crippen LogP) is 3.39. The first-order valence-corrected chi connectivity index (χ1v) is 10.9. The number of rotatable bonds is 7. The van der Waals surface area contributed by atoms with Crippen molar-refractivity contribution in [1.82, 2.24) is 4.72 Å². The van der Waals surface area contributed by atoms with Crippen molar-refractivity contribution in [2.24, 2.45) is 0 Å². The maximum Gasteiger partial charge on any atom is 0.240 e. The molecule has 28 heavy (non-hydrogen) atoms. The Bertz CT molecular complexity index is 970. The van der Waals surface area contributed by atoms with Gasteiger partial charge in [0.05, 0.1) is 11.0 Å². The van der Waals surface area contributed by atoms with E-state index in [9.17, 15) is 13.2 Å². The van der Waals surface area contributed by atoms with E-state index in [0.29, 0.717) is 18.7 Å². The molecule has 0 bridgehead atoms. The summed E-state index contributed by atoms with van der Waals surface area (Å²) in [5.41, 5.74) is 2.38. The molecule has 0 aliphatic carbocycles. The Kier molecular flexibility index (Phi) is 6.05. The van der Waals surface area contributed by atoms with Crippen molar-refractivity contribution in [1.29, 1.82) is 0 Å². The van der Waals surface area contributed by atoms with Crippen LogP contribution in [0.3, 0.4) is 0 Å². The Labute approximate surface area is 166 Å². The van der Waals surface area contributed by atoms with Gasteiger partial charge in [-0.3, -0.25) is 4.79 Å². The van der Waals surface area contributed by atoms with Crippen LogP contribution in [0, 0.1) is 6.92 Å². The lowest BCUT2D eigenvalue weighted by molar-refractivity contribution is -0.117. The first-order valence-electron chi connectivity index (χ1n) is 9.42. The van der Waals surface area contributed by atoms with Gasteiger partial charge in [-0.1, -0.05) is 12.1 Å². The molecule has 150 valence electrons. The zero-order valence-electron chi connectivity index (χ0n) is 16.4. The van der Waals surface area contributed by atoms with Crippen LogP contribution in [0.25, 0.3) is 0 Å². The van der Waals surface area contributed by atoms with Gasteiger partial charge in [0.25, 0.3) is 0 Å². The number of hydrogen-bond donors (Lipinski definition) is 1. The molecular formula is C21H26N2O4S. The number of benzene rings is 2. The van der Waals surface area contributed by atoms with E-state index in [2.05, 4.69) is 4.72 Å². The highest BCUT2D eigenvalue weighted by molar-refractivity contribution is 7.89. The summed E-state index contributed by atoms with van der Waals surface area (Å²) in [7, 11) is -3.65. The average Bonchev–Trinajstić information content (AvgIpc) is 3.07. The molecule has 0 atom stereocenters. The molecule has 0 saturated carbocycles. The van der Waals surface area contributed by atoms with Crippen molar-refractivity contribution in [3.05, 3.63) is 53.6 Å². The summed E-state index contributed by atoms with van der Waals surface area (Å²) in [5.74, 6) is 0.786. The molecule has 0 spiro atoms. The van der Waals surface area contributed by atoms with E-state index < -0.39 is 10.0 Å². The van der Waals surface area contributed by atoms with Crippen LogP contribution in [-0.2, 0) is 21.4 Å². The second-order valence-corrected chi connectivity index (χ2v) is 9.00. The van der Waals surface area contributed by atoms with Crippen LogP contribution in [0.15, 0.2) is 47.4 Å². The maximum absolute atomic E-state index is 12.7. The van der Waals surface area contributed by atoms with E-state index in [1.54, 1.807) is 23.1 Å². The third-order valence-electron chi connectivity index (χ3n) is 4.58. The molecule has 3 rings (SSSR count). The standard InChI is InChI=1S/C21H26N2O4S/c1-15(2)27-20-10-9-19(12-16(20)3)28(25,26)22-14-17-6-4-7-18(13-17)23-11-5-8-21(23)24/h4,6-7,9-10,12-13,15,22H,5,8,11,14H2,1-3H3. The van der Waals surface area contributed by atoms with Gasteiger partial charge < -0.3 is 9.64 Å². The summed E-state index contributed by atoms with van der Waals surface area (Å²) in [4.78, 5) is 13.9. The third-order valence-corrected chi connectivity index (χ3v) is 5.98. The van der Waals surface area contributed by atoms with Gasteiger partial charge in [-0.05, 0) is 68.7 Å². The molecule has 2 aromatic carbocycles. The van der Waals surface area contributed by atoms with E-state index in [1.807, 2.05) is 45.0 Å². The lowest BCUT2D eigenvalue weighted by Crippen LogP contribution is -2.25. The minimum atomic E-state index is -3.65. The molecule has 1 N–H and O–H groups in total. The van der Waals surface area contributed by atoms with Crippen LogP contribution in [0.5, 0.6) is 5.75 Å². The third kappa shape index (κ3) is 4.72. The van der Waals surface area contributed by atoms with Gasteiger partial charge in [0.2, 0.25) is 15.9 Å². The highest BCUT2D eigenvalue weighted by Crippen LogP contribution is 2.24. The largest absolute Gasteiger partial charge is 0.491 e. The Balaban J connectivity index is 1.71. The molecule has 1 amide bonds. The van der Waals surface area contributed by atoms with Crippen molar-refractivity contribution in [2.75, 3.05) is 11.4 Å². The van der Waals surface area contributed by atoms with Gasteiger partial charge in [0, 0.05) is 25.2 Å². The minimum absolute atomic E-state index is 0.0223. The summed E-state index contributed by atoms with van der Waals surface area (Å²) in [6.45, 7) is 6.54. The summed E-state index contributed by atoms with van der Waals surface area (Å²) >= 11 is 0. The summed E-state index contributed by atoms with van der Waals surface area (Å²) < 4.78 is 33.6. The van der Waals surface area contributed by atoms with Gasteiger partial charge in [-0.2, -0.15) is 0 Å². The highest BCUT2D eigenvalue weighted by atomic mass is 32.2. The van der Waals surface area contributed by atoms with Crippen LogP contribution < -0.4 is 14.4 Å². The summed E-state index contributed by atoms with van der Waals surface area (Å²) in [5, 5.41) is 0. The van der Waals surface area contributed by atoms with Crippen molar-refractivity contribution >= 4 is 21.6 Å².